The van der Waals surface area contributed by atoms with Crippen molar-refractivity contribution < 1.29 is 22.4 Å². The van der Waals surface area contributed by atoms with Crippen LogP contribution in [-0.2, 0) is 26.0 Å². The number of fused-ring (bicyclic) bond motifs is 1. The van der Waals surface area contributed by atoms with E-state index in [9.17, 15) is 22.4 Å². The Hall–Kier alpha value is -3.72. The number of hydrogen-bond acceptors (Lipinski definition) is 4. The number of amides is 2. The Morgan fingerprint density at radius 1 is 1.00 bits per heavy atom. The van der Waals surface area contributed by atoms with Crippen molar-refractivity contribution in [2.45, 2.75) is 24.2 Å². The van der Waals surface area contributed by atoms with Gasteiger partial charge in [0.15, 0.2) is 0 Å². The second kappa shape index (κ2) is 9.14. The Balaban J connectivity index is 1.36. The zero-order valence-corrected chi connectivity index (χ0v) is 19.7. The fourth-order valence-corrected chi connectivity index (χ4v) is 6.12. The number of benzene rings is 3. The maximum Gasteiger partial charge on any atom is 0.264 e. The molecule has 0 aliphatic carbocycles. The Morgan fingerprint density at radius 2 is 1.74 bits per heavy atom. The van der Waals surface area contributed by atoms with Gasteiger partial charge in [-0.05, 0) is 66.9 Å². The lowest BCUT2D eigenvalue weighted by Crippen LogP contribution is -2.35. The molecule has 180 valence electrons. The summed E-state index contributed by atoms with van der Waals surface area (Å²) in [5, 5.41) is 2.86. The molecule has 5 rings (SSSR count). The lowest BCUT2D eigenvalue weighted by Gasteiger charge is -2.31. The van der Waals surface area contributed by atoms with E-state index in [-0.39, 0.29) is 36.2 Å². The maximum absolute atomic E-state index is 13.3. The van der Waals surface area contributed by atoms with Crippen molar-refractivity contribution in [2.75, 3.05) is 27.6 Å². The number of para-hydroxylation sites is 1. The van der Waals surface area contributed by atoms with Gasteiger partial charge in [-0.15, -0.1) is 0 Å². The molecule has 1 fully saturated rings. The minimum Gasteiger partial charge on any atom is -0.326 e. The lowest BCUT2D eigenvalue weighted by molar-refractivity contribution is -0.122. The first-order chi connectivity index (χ1) is 16.8. The second-order valence-corrected chi connectivity index (χ2v) is 10.6. The second-order valence-electron chi connectivity index (χ2n) is 8.71. The van der Waals surface area contributed by atoms with Gasteiger partial charge in [0.25, 0.3) is 10.0 Å². The average Bonchev–Trinajstić information content (AvgIpc) is 3.26. The highest BCUT2D eigenvalue weighted by atomic mass is 32.2. The van der Waals surface area contributed by atoms with E-state index >= 15 is 0 Å². The highest BCUT2D eigenvalue weighted by Gasteiger charge is 2.35. The number of aryl methyl sites for hydroxylation is 1. The topological polar surface area (TPSA) is 86.8 Å². The van der Waals surface area contributed by atoms with Gasteiger partial charge >= 0.3 is 0 Å². The number of sulfonamides is 1. The van der Waals surface area contributed by atoms with Crippen LogP contribution in [0.5, 0.6) is 0 Å². The molecule has 7 nitrogen and oxygen atoms in total. The fourth-order valence-electron chi connectivity index (χ4n) is 4.59. The van der Waals surface area contributed by atoms with Crippen LogP contribution in [-0.4, -0.2) is 33.3 Å². The molecule has 2 amide bonds. The Kier molecular flexibility index (Phi) is 6.02. The molecule has 1 saturated heterocycles. The van der Waals surface area contributed by atoms with Crippen molar-refractivity contribution in [2.24, 2.45) is 5.92 Å². The molecule has 0 spiro atoms. The Morgan fingerprint density at radius 3 is 2.49 bits per heavy atom. The summed E-state index contributed by atoms with van der Waals surface area (Å²) < 4.78 is 41.2. The van der Waals surface area contributed by atoms with Crippen LogP contribution in [0.15, 0.2) is 77.7 Å². The van der Waals surface area contributed by atoms with Gasteiger partial charge in [-0.3, -0.25) is 13.9 Å². The number of rotatable bonds is 5. The molecule has 35 heavy (non-hydrogen) atoms. The molecular formula is C26H24FN3O4S. The summed E-state index contributed by atoms with van der Waals surface area (Å²) in [6.45, 7) is 0.567. The lowest BCUT2D eigenvalue weighted by atomic mass is 10.0. The molecule has 9 heteroatoms. The van der Waals surface area contributed by atoms with Gasteiger partial charge in [0.1, 0.15) is 5.82 Å². The first kappa shape index (κ1) is 23.0. The first-order valence-electron chi connectivity index (χ1n) is 11.4. The van der Waals surface area contributed by atoms with Crippen molar-refractivity contribution >= 4 is 38.9 Å². The van der Waals surface area contributed by atoms with E-state index in [0.29, 0.717) is 24.2 Å². The SMILES string of the molecule is O=C(Nc1ccc2c(c1)N(S(=O)(=O)c1ccc(F)cc1)CCC2)[C@@H]1CC(=O)N(c2ccccc2)C1. The number of carbonyl (C=O) groups is 2. The summed E-state index contributed by atoms with van der Waals surface area (Å²) in [7, 11) is -3.90. The van der Waals surface area contributed by atoms with Crippen molar-refractivity contribution in [1.82, 2.24) is 0 Å². The smallest absolute Gasteiger partial charge is 0.264 e. The first-order valence-corrected chi connectivity index (χ1v) is 12.8. The van der Waals surface area contributed by atoms with E-state index in [1.165, 1.54) is 16.4 Å². The molecule has 0 radical (unpaired) electrons. The molecule has 1 atom stereocenters. The van der Waals surface area contributed by atoms with Gasteiger partial charge in [0, 0.05) is 30.9 Å². The van der Waals surface area contributed by atoms with Crippen LogP contribution in [0.3, 0.4) is 0 Å². The molecule has 2 heterocycles. The van der Waals surface area contributed by atoms with Crippen molar-refractivity contribution in [1.29, 1.82) is 0 Å². The van der Waals surface area contributed by atoms with Gasteiger partial charge in [-0.2, -0.15) is 0 Å². The van der Waals surface area contributed by atoms with Crippen LogP contribution in [0.4, 0.5) is 21.5 Å². The standard InChI is InChI=1S/C26H24FN3O4S/c27-20-9-12-23(13-10-20)35(33,34)30-14-4-5-18-8-11-21(16-24(18)30)28-26(32)19-15-25(31)29(17-19)22-6-2-1-3-7-22/h1-3,6-13,16,19H,4-5,14-15,17H2,(H,28,32)/t19-/m1/s1. The quantitative estimate of drug-likeness (QED) is 0.583. The zero-order chi connectivity index (χ0) is 24.6. The third-order valence-corrected chi connectivity index (χ3v) is 8.22. The van der Waals surface area contributed by atoms with Crippen LogP contribution < -0.4 is 14.5 Å². The average molecular weight is 494 g/mol. The monoisotopic (exact) mass is 493 g/mol. The molecular weight excluding hydrogens is 469 g/mol. The number of anilines is 3. The highest BCUT2D eigenvalue weighted by molar-refractivity contribution is 7.92. The number of halogens is 1. The predicted octanol–water partition coefficient (Wildman–Crippen LogP) is 3.96. The van der Waals surface area contributed by atoms with Crippen LogP contribution in [0, 0.1) is 11.7 Å². The molecule has 3 aromatic rings. The number of hydrogen-bond donors (Lipinski definition) is 1. The minimum atomic E-state index is -3.90. The van der Waals surface area contributed by atoms with Crippen LogP contribution in [0.2, 0.25) is 0 Å². The van der Waals surface area contributed by atoms with Crippen molar-refractivity contribution in [3.63, 3.8) is 0 Å². The molecule has 0 unspecified atom stereocenters. The summed E-state index contributed by atoms with van der Waals surface area (Å²) in [5.41, 5.74) is 2.56. The van der Waals surface area contributed by atoms with Gasteiger partial charge in [-0.1, -0.05) is 24.3 Å². The third-order valence-electron chi connectivity index (χ3n) is 6.39. The van der Waals surface area contributed by atoms with Crippen molar-refractivity contribution in [3.8, 4) is 0 Å². The number of nitrogens with one attached hydrogen (secondary N) is 1. The van der Waals surface area contributed by atoms with E-state index in [0.717, 1.165) is 23.4 Å². The number of carbonyl (C=O) groups excluding carboxylic acids is 2. The van der Waals surface area contributed by atoms with Crippen molar-refractivity contribution in [3.05, 3.63) is 84.2 Å². The molecule has 0 aromatic heterocycles. The van der Waals surface area contributed by atoms with E-state index in [1.807, 2.05) is 36.4 Å². The normalized spacial score (nSPS) is 17.9. The zero-order valence-electron chi connectivity index (χ0n) is 18.9. The van der Waals surface area contributed by atoms with Crippen LogP contribution in [0.1, 0.15) is 18.4 Å². The van der Waals surface area contributed by atoms with Crippen LogP contribution >= 0.6 is 0 Å². The molecule has 1 N–H and O–H groups in total. The summed E-state index contributed by atoms with van der Waals surface area (Å²) in [4.78, 5) is 27.1. The summed E-state index contributed by atoms with van der Waals surface area (Å²) in [5.74, 6) is -1.43. The Bertz CT molecular complexity index is 1380. The van der Waals surface area contributed by atoms with E-state index in [4.69, 9.17) is 0 Å². The summed E-state index contributed by atoms with van der Waals surface area (Å²) in [6.07, 6.45) is 1.47. The molecule has 2 aliphatic heterocycles. The highest BCUT2D eigenvalue weighted by Crippen LogP contribution is 2.35. The van der Waals surface area contributed by atoms with Gasteiger partial charge in [-0.25, -0.2) is 12.8 Å². The molecule has 3 aromatic carbocycles. The molecule has 0 bridgehead atoms. The van der Waals surface area contributed by atoms with E-state index in [1.54, 1.807) is 17.0 Å². The predicted molar refractivity (Wildman–Crippen MR) is 131 cm³/mol. The summed E-state index contributed by atoms with van der Waals surface area (Å²) >= 11 is 0. The summed E-state index contributed by atoms with van der Waals surface area (Å²) in [6, 6.07) is 19.2. The van der Waals surface area contributed by atoms with Gasteiger partial charge < -0.3 is 10.2 Å². The minimum absolute atomic E-state index is 0.00617. The van der Waals surface area contributed by atoms with Crippen LogP contribution in [0.25, 0.3) is 0 Å². The maximum atomic E-state index is 13.3. The largest absolute Gasteiger partial charge is 0.326 e. The van der Waals surface area contributed by atoms with E-state index in [2.05, 4.69) is 5.32 Å². The van der Waals surface area contributed by atoms with E-state index < -0.39 is 21.8 Å². The molecule has 2 aliphatic rings. The van der Waals surface area contributed by atoms with Gasteiger partial charge in [0.05, 0.1) is 16.5 Å². The Labute approximate surface area is 203 Å². The molecule has 0 saturated carbocycles. The third kappa shape index (κ3) is 4.51. The van der Waals surface area contributed by atoms with Gasteiger partial charge in [0.2, 0.25) is 11.8 Å². The fraction of sp³-hybridized carbons (Fsp3) is 0.231. The number of nitrogens with zero attached hydrogens (tertiary/aromatic N) is 2.